The van der Waals surface area contributed by atoms with Crippen LogP contribution in [0.2, 0.25) is 5.02 Å². The molecule has 21 heavy (non-hydrogen) atoms. The molecule has 2 aromatic rings. The number of anilines is 1. The van der Waals surface area contributed by atoms with Crippen LogP contribution in [0, 0.1) is 0 Å². The first-order valence-electron chi connectivity index (χ1n) is 7.23. The monoisotopic (exact) mass is 306 g/mol. The molecule has 2 rings (SSSR count). The van der Waals surface area contributed by atoms with Gasteiger partial charge in [0.05, 0.1) is 6.54 Å². The van der Waals surface area contributed by atoms with Crippen LogP contribution in [-0.4, -0.2) is 22.6 Å². The van der Waals surface area contributed by atoms with Crippen LogP contribution in [0.1, 0.15) is 24.7 Å². The number of aromatic nitrogens is 2. The van der Waals surface area contributed by atoms with E-state index in [0.29, 0.717) is 0 Å². The highest BCUT2D eigenvalue weighted by Crippen LogP contribution is 2.29. The average Bonchev–Trinajstić information content (AvgIpc) is 2.86. The lowest BCUT2D eigenvalue weighted by atomic mass is 10.0. The smallest absolute Gasteiger partial charge is 0.127 e. The average molecular weight is 307 g/mol. The highest BCUT2D eigenvalue weighted by atomic mass is 35.5. The lowest BCUT2D eigenvalue weighted by molar-refractivity contribution is 0.644. The fourth-order valence-electron chi connectivity index (χ4n) is 2.36. The molecule has 0 aliphatic carbocycles. The van der Waals surface area contributed by atoms with Crippen molar-refractivity contribution in [3.63, 3.8) is 0 Å². The molecule has 1 unspecified atom stereocenters. The second-order valence-electron chi connectivity index (χ2n) is 5.42. The molecule has 0 radical (unpaired) electrons. The van der Waals surface area contributed by atoms with E-state index in [9.17, 15) is 0 Å². The van der Waals surface area contributed by atoms with E-state index in [1.807, 2.05) is 36.1 Å². The van der Waals surface area contributed by atoms with Crippen LogP contribution >= 0.6 is 11.6 Å². The predicted molar refractivity (Wildman–Crippen MR) is 88.7 cm³/mol. The van der Waals surface area contributed by atoms with Crippen LogP contribution in [0.5, 0.6) is 0 Å². The highest BCUT2D eigenvalue weighted by molar-refractivity contribution is 6.31. The van der Waals surface area contributed by atoms with Crippen LogP contribution < -0.4 is 10.6 Å². The summed E-state index contributed by atoms with van der Waals surface area (Å²) < 4.78 is 2.03. The van der Waals surface area contributed by atoms with E-state index in [1.54, 1.807) is 0 Å². The van der Waals surface area contributed by atoms with Crippen LogP contribution in [-0.2, 0) is 20.0 Å². The summed E-state index contributed by atoms with van der Waals surface area (Å²) in [6.07, 6.45) is 5.49. The third-order valence-corrected chi connectivity index (χ3v) is 4.15. The normalized spacial score (nSPS) is 12.4. The number of nitrogens with two attached hydrogens (primary N) is 1. The number of hydrogen-bond donors (Lipinski definition) is 1. The zero-order valence-corrected chi connectivity index (χ0v) is 13.6. The number of halogens is 1. The Morgan fingerprint density at radius 2 is 2.19 bits per heavy atom. The van der Waals surface area contributed by atoms with Gasteiger partial charge in [0.25, 0.3) is 0 Å². The molecule has 1 heterocycles. The number of aryl methyl sites for hydroxylation is 1. The Labute approximate surface area is 131 Å². The van der Waals surface area contributed by atoms with Crippen LogP contribution in [0.15, 0.2) is 30.6 Å². The number of benzene rings is 1. The third kappa shape index (κ3) is 3.77. The lowest BCUT2D eigenvalue weighted by Crippen LogP contribution is -2.25. The van der Waals surface area contributed by atoms with Crippen molar-refractivity contribution in [3.05, 3.63) is 47.0 Å². The summed E-state index contributed by atoms with van der Waals surface area (Å²) in [5, 5.41) is 0.781. The van der Waals surface area contributed by atoms with Crippen molar-refractivity contribution in [3.8, 4) is 0 Å². The van der Waals surface area contributed by atoms with Gasteiger partial charge >= 0.3 is 0 Å². The number of hydrogen-bond acceptors (Lipinski definition) is 3. The SMILES string of the molecule is CCC(N)Cc1c(Cl)cccc1N(C)Cc1nccn1C. The number of nitrogens with zero attached hydrogens (tertiary/aromatic N) is 3. The predicted octanol–water partition coefficient (Wildman–Crippen LogP) is 2.99. The maximum Gasteiger partial charge on any atom is 0.127 e. The van der Waals surface area contributed by atoms with Gasteiger partial charge in [-0.15, -0.1) is 0 Å². The van der Waals surface area contributed by atoms with Gasteiger partial charge in [0.15, 0.2) is 0 Å². The Hall–Kier alpha value is -1.52. The van der Waals surface area contributed by atoms with Gasteiger partial charge in [-0.1, -0.05) is 24.6 Å². The molecular formula is C16H23ClN4. The fraction of sp³-hybridized carbons (Fsp3) is 0.438. The summed E-state index contributed by atoms with van der Waals surface area (Å²) in [7, 11) is 4.06. The summed E-state index contributed by atoms with van der Waals surface area (Å²) in [4.78, 5) is 6.55. The maximum absolute atomic E-state index is 6.38. The van der Waals surface area contributed by atoms with Gasteiger partial charge < -0.3 is 15.2 Å². The second-order valence-corrected chi connectivity index (χ2v) is 5.83. The summed E-state index contributed by atoms with van der Waals surface area (Å²) in [5.74, 6) is 1.02. The zero-order valence-electron chi connectivity index (χ0n) is 12.9. The number of rotatable bonds is 6. The third-order valence-electron chi connectivity index (χ3n) is 3.80. The second kappa shape index (κ2) is 6.96. The lowest BCUT2D eigenvalue weighted by Gasteiger charge is -2.24. The van der Waals surface area contributed by atoms with Crippen LogP contribution in [0.25, 0.3) is 0 Å². The standard InChI is InChI=1S/C16H23ClN4/c1-4-12(18)10-13-14(17)6-5-7-15(13)21(3)11-16-19-8-9-20(16)2/h5-9,12H,4,10-11,18H2,1-3H3. The first kappa shape index (κ1) is 15.9. The molecule has 114 valence electrons. The minimum atomic E-state index is 0.130. The Morgan fingerprint density at radius 1 is 1.43 bits per heavy atom. The Balaban J connectivity index is 2.25. The van der Waals surface area contributed by atoms with E-state index < -0.39 is 0 Å². The van der Waals surface area contributed by atoms with Gasteiger partial charge in [-0.25, -0.2) is 4.98 Å². The molecule has 1 atom stereocenters. The minimum Gasteiger partial charge on any atom is -0.367 e. The summed E-state index contributed by atoms with van der Waals surface area (Å²) in [5.41, 5.74) is 8.35. The van der Waals surface area contributed by atoms with Crippen molar-refractivity contribution in [1.29, 1.82) is 0 Å². The molecule has 0 amide bonds. The summed E-state index contributed by atoms with van der Waals surface area (Å²) in [6, 6.07) is 6.13. The van der Waals surface area contributed by atoms with Gasteiger partial charge in [0.1, 0.15) is 5.82 Å². The molecule has 0 aliphatic rings. The topological polar surface area (TPSA) is 47.1 Å². The summed E-state index contributed by atoms with van der Waals surface area (Å²) in [6.45, 7) is 2.83. The van der Waals surface area contributed by atoms with E-state index in [0.717, 1.165) is 41.5 Å². The molecule has 5 heteroatoms. The highest BCUT2D eigenvalue weighted by Gasteiger charge is 2.15. The molecule has 4 nitrogen and oxygen atoms in total. The molecule has 0 fully saturated rings. The molecule has 0 saturated carbocycles. The van der Waals surface area contributed by atoms with E-state index in [2.05, 4.69) is 29.9 Å². The van der Waals surface area contributed by atoms with Crippen molar-refractivity contribution in [1.82, 2.24) is 9.55 Å². The molecule has 1 aromatic carbocycles. The van der Waals surface area contributed by atoms with Gasteiger partial charge in [-0.3, -0.25) is 0 Å². The Morgan fingerprint density at radius 3 is 2.81 bits per heavy atom. The van der Waals surface area contributed by atoms with Gasteiger partial charge in [0, 0.05) is 43.2 Å². The fourth-order valence-corrected chi connectivity index (χ4v) is 2.61. The van der Waals surface area contributed by atoms with Crippen LogP contribution in [0.4, 0.5) is 5.69 Å². The first-order chi connectivity index (χ1) is 10.0. The van der Waals surface area contributed by atoms with Crippen molar-refractivity contribution in [2.24, 2.45) is 12.8 Å². The maximum atomic E-state index is 6.38. The quantitative estimate of drug-likeness (QED) is 0.892. The zero-order chi connectivity index (χ0) is 15.4. The minimum absolute atomic E-state index is 0.130. The molecule has 1 aromatic heterocycles. The Bertz CT molecular complexity index is 594. The van der Waals surface area contributed by atoms with Gasteiger partial charge in [-0.2, -0.15) is 0 Å². The molecule has 0 bridgehead atoms. The van der Waals surface area contributed by atoms with E-state index >= 15 is 0 Å². The molecule has 0 aliphatic heterocycles. The van der Waals surface area contributed by atoms with Gasteiger partial charge in [-0.05, 0) is 30.5 Å². The van der Waals surface area contributed by atoms with Crippen molar-refractivity contribution < 1.29 is 0 Å². The van der Waals surface area contributed by atoms with E-state index in [1.165, 1.54) is 0 Å². The largest absolute Gasteiger partial charge is 0.367 e. The summed E-state index contributed by atoms with van der Waals surface area (Å²) >= 11 is 6.38. The molecule has 0 saturated heterocycles. The van der Waals surface area contributed by atoms with Gasteiger partial charge in [0.2, 0.25) is 0 Å². The molecule has 2 N–H and O–H groups in total. The molecular weight excluding hydrogens is 284 g/mol. The first-order valence-corrected chi connectivity index (χ1v) is 7.61. The molecule has 0 spiro atoms. The van der Waals surface area contributed by atoms with Crippen molar-refractivity contribution in [2.75, 3.05) is 11.9 Å². The van der Waals surface area contributed by atoms with E-state index in [-0.39, 0.29) is 6.04 Å². The van der Waals surface area contributed by atoms with Crippen molar-refractivity contribution in [2.45, 2.75) is 32.4 Å². The van der Waals surface area contributed by atoms with Crippen molar-refractivity contribution >= 4 is 17.3 Å². The number of imidazole rings is 1. The van der Waals surface area contributed by atoms with E-state index in [4.69, 9.17) is 17.3 Å². The Kier molecular flexibility index (Phi) is 5.26. The van der Waals surface area contributed by atoms with Crippen LogP contribution in [0.3, 0.4) is 0 Å².